The number of non-ortho nitro benzene ring substituents is 1. The number of hydrogen-bond acceptors (Lipinski definition) is 6. The number of fused-ring (bicyclic) bond motifs is 1. The van der Waals surface area contributed by atoms with E-state index in [0.717, 1.165) is 18.6 Å². The van der Waals surface area contributed by atoms with Gasteiger partial charge in [-0.3, -0.25) is 19.5 Å². The summed E-state index contributed by atoms with van der Waals surface area (Å²) in [6.07, 6.45) is 3.85. The van der Waals surface area contributed by atoms with Gasteiger partial charge in [0.05, 0.1) is 22.8 Å². The Morgan fingerprint density at radius 1 is 1.36 bits per heavy atom. The van der Waals surface area contributed by atoms with Gasteiger partial charge in [0.2, 0.25) is 5.91 Å². The Bertz CT molecular complexity index is 1020. The van der Waals surface area contributed by atoms with Crippen LogP contribution in [0.3, 0.4) is 0 Å². The first-order valence-corrected chi connectivity index (χ1v) is 9.03. The van der Waals surface area contributed by atoms with Gasteiger partial charge >= 0.3 is 5.76 Å². The molecule has 9 heteroatoms. The summed E-state index contributed by atoms with van der Waals surface area (Å²) < 4.78 is 11.7. The van der Waals surface area contributed by atoms with Crippen molar-refractivity contribution in [2.75, 3.05) is 0 Å². The summed E-state index contributed by atoms with van der Waals surface area (Å²) in [5.74, 6) is 0.193. The lowest BCUT2D eigenvalue weighted by atomic mass is 10.1. The first-order chi connectivity index (χ1) is 13.4. The highest BCUT2D eigenvalue weighted by atomic mass is 16.6. The maximum absolute atomic E-state index is 12.1. The molecule has 1 unspecified atom stereocenters. The molecule has 28 heavy (non-hydrogen) atoms. The third-order valence-electron chi connectivity index (χ3n) is 4.46. The number of hydrogen-bond donors (Lipinski definition) is 1. The number of nitrogens with one attached hydrogen (secondary N) is 1. The van der Waals surface area contributed by atoms with E-state index in [-0.39, 0.29) is 36.2 Å². The molecule has 3 aromatic rings. The van der Waals surface area contributed by atoms with E-state index in [1.165, 1.54) is 22.8 Å². The monoisotopic (exact) mass is 387 g/mol. The largest absolute Gasteiger partial charge is 0.469 e. The van der Waals surface area contributed by atoms with Gasteiger partial charge in [-0.25, -0.2) is 4.79 Å². The van der Waals surface area contributed by atoms with Crippen LogP contribution >= 0.6 is 0 Å². The fraction of sp³-hybridized carbons (Fsp3) is 0.368. The van der Waals surface area contributed by atoms with E-state index < -0.39 is 10.7 Å². The van der Waals surface area contributed by atoms with Crippen LogP contribution in [0.1, 0.15) is 31.9 Å². The topological polar surface area (TPSA) is 121 Å². The molecule has 1 N–H and O–H groups in total. The Balaban J connectivity index is 1.50. The Morgan fingerprint density at radius 3 is 2.89 bits per heavy atom. The van der Waals surface area contributed by atoms with Crippen molar-refractivity contribution in [3.8, 4) is 0 Å². The summed E-state index contributed by atoms with van der Waals surface area (Å²) in [7, 11) is 0. The maximum atomic E-state index is 12.1. The molecule has 148 valence electrons. The smallest absolute Gasteiger partial charge is 0.419 e. The highest BCUT2D eigenvalue weighted by Gasteiger charge is 2.14. The molecule has 0 aliphatic rings. The van der Waals surface area contributed by atoms with Crippen molar-refractivity contribution in [2.24, 2.45) is 0 Å². The van der Waals surface area contributed by atoms with E-state index in [0.29, 0.717) is 11.9 Å². The molecule has 1 atom stereocenters. The average molecular weight is 387 g/mol. The maximum Gasteiger partial charge on any atom is 0.419 e. The van der Waals surface area contributed by atoms with Crippen LogP contribution in [0, 0.1) is 10.1 Å². The lowest BCUT2D eigenvalue weighted by Gasteiger charge is -2.13. The van der Waals surface area contributed by atoms with E-state index >= 15 is 0 Å². The van der Waals surface area contributed by atoms with Crippen LogP contribution in [-0.2, 0) is 17.8 Å². The van der Waals surface area contributed by atoms with E-state index in [9.17, 15) is 19.7 Å². The predicted molar refractivity (Wildman–Crippen MR) is 101 cm³/mol. The minimum atomic E-state index is -0.595. The summed E-state index contributed by atoms with van der Waals surface area (Å²) in [6, 6.07) is 7.77. The van der Waals surface area contributed by atoms with Crippen molar-refractivity contribution in [2.45, 2.75) is 45.2 Å². The molecule has 2 aromatic heterocycles. The molecule has 9 nitrogen and oxygen atoms in total. The van der Waals surface area contributed by atoms with Gasteiger partial charge < -0.3 is 14.2 Å². The number of carbonyl (C=O) groups is 1. The van der Waals surface area contributed by atoms with Crippen LogP contribution < -0.4 is 11.1 Å². The van der Waals surface area contributed by atoms with Crippen molar-refractivity contribution < 1.29 is 18.6 Å². The number of nitro benzene ring substituents is 1. The summed E-state index contributed by atoms with van der Waals surface area (Å²) in [5.41, 5.74) is 0.495. The number of furan rings is 1. The van der Waals surface area contributed by atoms with E-state index in [4.69, 9.17) is 8.83 Å². The number of aryl methyl sites for hydroxylation is 2. The molecule has 3 rings (SSSR count). The Morgan fingerprint density at radius 2 is 2.18 bits per heavy atom. The van der Waals surface area contributed by atoms with Crippen LogP contribution in [0.2, 0.25) is 0 Å². The molecular weight excluding hydrogens is 366 g/mol. The lowest BCUT2D eigenvalue weighted by Crippen LogP contribution is -2.33. The quantitative estimate of drug-likeness (QED) is 0.445. The van der Waals surface area contributed by atoms with Gasteiger partial charge in [-0.1, -0.05) is 0 Å². The normalized spacial score (nSPS) is 12.2. The van der Waals surface area contributed by atoms with Crippen molar-refractivity contribution >= 4 is 22.7 Å². The summed E-state index contributed by atoms with van der Waals surface area (Å²) in [4.78, 5) is 34.3. The van der Waals surface area contributed by atoms with Crippen LogP contribution in [0.15, 0.2) is 50.2 Å². The highest BCUT2D eigenvalue weighted by Crippen LogP contribution is 2.20. The molecule has 0 saturated carbocycles. The van der Waals surface area contributed by atoms with Gasteiger partial charge in [0.1, 0.15) is 5.76 Å². The molecule has 0 fully saturated rings. The first kappa shape index (κ1) is 19.4. The third kappa shape index (κ3) is 4.67. The van der Waals surface area contributed by atoms with Crippen molar-refractivity contribution in [1.82, 2.24) is 9.88 Å². The van der Waals surface area contributed by atoms with Crippen molar-refractivity contribution in [1.29, 1.82) is 0 Å². The van der Waals surface area contributed by atoms with Gasteiger partial charge in [0, 0.05) is 31.5 Å². The molecule has 0 aliphatic carbocycles. The van der Waals surface area contributed by atoms with Gasteiger partial charge in [-0.05, 0) is 38.0 Å². The standard InChI is InChI=1S/C19H21N3O6/c1-13(6-8-15-4-3-11-27-15)20-18(23)5-2-10-21-16-9-7-14(22(25)26)12-17(16)28-19(21)24/h3-4,7,9,11-13H,2,5-6,8,10H2,1H3,(H,20,23). The molecule has 2 heterocycles. The number of nitrogens with zero attached hydrogens (tertiary/aromatic N) is 2. The summed E-state index contributed by atoms with van der Waals surface area (Å²) in [6.45, 7) is 2.22. The zero-order valence-electron chi connectivity index (χ0n) is 15.4. The summed E-state index contributed by atoms with van der Waals surface area (Å²) in [5, 5.41) is 13.7. The average Bonchev–Trinajstić information content (AvgIpc) is 3.27. The van der Waals surface area contributed by atoms with E-state index in [2.05, 4.69) is 5.32 Å². The van der Waals surface area contributed by atoms with Crippen LogP contribution in [0.5, 0.6) is 0 Å². The van der Waals surface area contributed by atoms with E-state index in [1.807, 2.05) is 19.1 Å². The summed E-state index contributed by atoms with van der Waals surface area (Å²) >= 11 is 0. The molecular formula is C19H21N3O6. The second-order valence-corrected chi connectivity index (χ2v) is 6.62. The number of aromatic nitrogens is 1. The molecule has 1 aromatic carbocycles. The van der Waals surface area contributed by atoms with Crippen LogP contribution in [0.25, 0.3) is 11.1 Å². The molecule has 0 radical (unpaired) electrons. The fourth-order valence-electron chi connectivity index (χ4n) is 3.01. The van der Waals surface area contributed by atoms with Gasteiger partial charge in [0.15, 0.2) is 5.58 Å². The Labute approximate surface area is 160 Å². The second kappa shape index (κ2) is 8.55. The van der Waals surface area contributed by atoms with Crippen molar-refractivity contribution in [3.05, 3.63) is 63.0 Å². The number of oxazole rings is 1. The predicted octanol–water partition coefficient (Wildman–Crippen LogP) is 3.01. The minimum Gasteiger partial charge on any atom is -0.469 e. The zero-order valence-corrected chi connectivity index (χ0v) is 15.4. The molecule has 0 saturated heterocycles. The first-order valence-electron chi connectivity index (χ1n) is 9.03. The minimum absolute atomic E-state index is 0.00984. The van der Waals surface area contributed by atoms with Gasteiger partial charge in [-0.15, -0.1) is 0 Å². The third-order valence-corrected chi connectivity index (χ3v) is 4.46. The molecule has 1 amide bonds. The molecule has 0 aliphatic heterocycles. The highest BCUT2D eigenvalue weighted by molar-refractivity contribution is 5.77. The number of nitro groups is 1. The lowest BCUT2D eigenvalue weighted by molar-refractivity contribution is -0.384. The molecule has 0 spiro atoms. The second-order valence-electron chi connectivity index (χ2n) is 6.62. The number of benzene rings is 1. The Kier molecular flexibility index (Phi) is 5.93. The molecule has 0 bridgehead atoms. The van der Waals surface area contributed by atoms with E-state index in [1.54, 1.807) is 6.26 Å². The van der Waals surface area contributed by atoms with Crippen LogP contribution in [0.4, 0.5) is 5.69 Å². The Hall–Kier alpha value is -3.36. The van der Waals surface area contributed by atoms with Crippen molar-refractivity contribution in [3.63, 3.8) is 0 Å². The van der Waals surface area contributed by atoms with Gasteiger partial charge in [-0.2, -0.15) is 0 Å². The van der Waals surface area contributed by atoms with Gasteiger partial charge in [0.25, 0.3) is 5.69 Å². The number of amides is 1. The SMILES string of the molecule is CC(CCc1ccco1)NC(=O)CCCn1c(=O)oc2cc([N+](=O)[O-])ccc21. The number of carbonyl (C=O) groups excluding carboxylic acids is 1. The number of rotatable bonds is 9. The fourth-order valence-corrected chi connectivity index (χ4v) is 3.01. The van der Waals surface area contributed by atoms with Crippen LogP contribution in [-0.4, -0.2) is 21.4 Å². The zero-order chi connectivity index (χ0) is 20.1.